The van der Waals surface area contributed by atoms with Crippen LogP contribution in [0.2, 0.25) is 0 Å². The van der Waals surface area contributed by atoms with E-state index in [0.29, 0.717) is 0 Å². The zero-order valence-corrected chi connectivity index (χ0v) is 18.8. The molecule has 162 valence electrons. The zero-order chi connectivity index (χ0) is 22.3. The van der Waals surface area contributed by atoms with Crippen molar-refractivity contribution in [2.24, 2.45) is 0 Å². The molecule has 3 heteroatoms. The number of aromatic nitrogens is 1. The smallest absolute Gasteiger partial charge is 0.124 e. The molecule has 0 saturated heterocycles. The first-order valence-corrected chi connectivity index (χ1v) is 11.4. The number of para-hydroxylation sites is 1. The van der Waals surface area contributed by atoms with Crippen LogP contribution in [0.15, 0.2) is 91.0 Å². The van der Waals surface area contributed by atoms with Crippen molar-refractivity contribution in [2.45, 2.75) is 26.7 Å². The van der Waals surface area contributed by atoms with E-state index < -0.39 is 0 Å². The molecule has 0 aliphatic heterocycles. The Kier molecular flexibility index (Phi) is 6.86. The summed E-state index contributed by atoms with van der Waals surface area (Å²) < 4.78 is 0. The Labute approximate surface area is 191 Å². The summed E-state index contributed by atoms with van der Waals surface area (Å²) in [5.41, 5.74) is 6.93. The minimum atomic E-state index is 0.237. The van der Waals surface area contributed by atoms with Crippen molar-refractivity contribution in [1.82, 2.24) is 4.98 Å². The first-order chi connectivity index (χ1) is 15.7. The molecular weight excluding hydrogens is 392 g/mol. The third kappa shape index (κ3) is 4.83. The molecule has 0 bridgehead atoms. The molecular formula is C29H30N2O. The molecule has 0 fully saturated rings. The van der Waals surface area contributed by atoms with Gasteiger partial charge in [0.15, 0.2) is 0 Å². The average Bonchev–Trinajstić information content (AvgIpc) is 2.84. The van der Waals surface area contributed by atoms with Crippen LogP contribution in [-0.2, 0) is 0 Å². The zero-order valence-electron chi connectivity index (χ0n) is 18.8. The maximum atomic E-state index is 10.4. The van der Waals surface area contributed by atoms with Gasteiger partial charge in [-0.25, -0.2) is 4.98 Å². The summed E-state index contributed by atoms with van der Waals surface area (Å²) in [6.45, 7) is 6.58. The minimum Gasteiger partial charge on any atom is -0.507 e. The van der Waals surface area contributed by atoms with Gasteiger partial charge in [-0.3, -0.25) is 0 Å². The third-order valence-electron chi connectivity index (χ3n) is 5.63. The average molecular weight is 423 g/mol. The molecule has 0 aliphatic carbocycles. The van der Waals surface area contributed by atoms with Gasteiger partial charge in [-0.15, -0.1) is 0 Å². The summed E-state index contributed by atoms with van der Waals surface area (Å²) in [4.78, 5) is 7.33. The molecule has 0 unspecified atom stereocenters. The van der Waals surface area contributed by atoms with Crippen LogP contribution in [-0.4, -0.2) is 23.2 Å². The Bertz CT molecular complexity index is 1150. The molecule has 0 aliphatic rings. The fourth-order valence-electron chi connectivity index (χ4n) is 4.06. The predicted molar refractivity (Wildman–Crippen MR) is 135 cm³/mol. The Morgan fingerprint density at radius 2 is 1.28 bits per heavy atom. The molecule has 0 saturated carbocycles. The monoisotopic (exact) mass is 422 g/mol. The second kappa shape index (κ2) is 10.1. The number of benzene rings is 3. The Balaban J connectivity index is 1.78. The van der Waals surface area contributed by atoms with Crippen molar-refractivity contribution in [2.75, 3.05) is 18.0 Å². The van der Waals surface area contributed by atoms with E-state index >= 15 is 0 Å². The summed E-state index contributed by atoms with van der Waals surface area (Å²) >= 11 is 0. The minimum absolute atomic E-state index is 0.237. The quantitative estimate of drug-likeness (QED) is 0.321. The van der Waals surface area contributed by atoms with Crippen LogP contribution in [0.5, 0.6) is 5.75 Å². The molecule has 4 rings (SSSR count). The predicted octanol–water partition coefficient (Wildman–Crippen LogP) is 7.41. The lowest BCUT2D eigenvalue weighted by Crippen LogP contribution is -2.24. The molecule has 0 atom stereocenters. The number of anilines is 1. The number of hydrogen-bond acceptors (Lipinski definition) is 3. The molecule has 32 heavy (non-hydrogen) atoms. The van der Waals surface area contributed by atoms with E-state index in [0.717, 1.165) is 59.6 Å². The summed E-state index contributed by atoms with van der Waals surface area (Å²) in [5.74, 6) is 0.237. The summed E-state index contributed by atoms with van der Waals surface area (Å²) in [6, 6.07) is 30.5. The van der Waals surface area contributed by atoms with Gasteiger partial charge < -0.3 is 10.0 Å². The van der Waals surface area contributed by atoms with Gasteiger partial charge >= 0.3 is 0 Å². The second-order valence-corrected chi connectivity index (χ2v) is 8.04. The topological polar surface area (TPSA) is 36.4 Å². The first kappa shape index (κ1) is 21.6. The van der Waals surface area contributed by atoms with Gasteiger partial charge in [0.05, 0.1) is 11.4 Å². The van der Waals surface area contributed by atoms with Crippen molar-refractivity contribution in [3.05, 3.63) is 91.0 Å². The lowest BCUT2D eigenvalue weighted by atomic mass is 9.99. The van der Waals surface area contributed by atoms with E-state index in [9.17, 15) is 5.11 Å². The Morgan fingerprint density at radius 3 is 1.94 bits per heavy atom. The highest BCUT2D eigenvalue weighted by atomic mass is 16.3. The third-order valence-corrected chi connectivity index (χ3v) is 5.63. The highest BCUT2D eigenvalue weighted by Crippen LogP contribution is 2.34. The SMILES string of the molecule is CCCN(CCC)c1ccc(-c2cc(-c3ccccc3)nc(-c3ccccc3O)c2)cc1. The lowest BCUT2D eigenvalue weighted by molar-refractivity contribution is 0.477. The van der Waals surface area contributed by atoms with Gasteiger partial charge in [-0.05, 0) is 60.4 Å². The standard InChI is InChI=1S/C29H30N2O/c1-3-18-31(19-4-2)25-16-14-22(15-17-25)24-20-27(23-10-6-5-7-11-23)30-28(21-24)26-12-8-9-13-29(26)32/h5-17,20-21,32H,3-4,18-19H2,1-2H3. The normalized spacial score (nSPS) is 10.8. The van der Waals surface area contributed by atoms with E-state index in [1.165, 1.54) is 5.69 Å². The van der Waals surface area contributed by atoms with Crippen LogP contribution in [0.4, 0.5) is 5.69 Å². The molecule has 1 aromatic heterocycles. The van der Waals surface area contributed by atoms with Gasteiger partial charge in [-0.2, -0.15) is 0 Å². The van der Waals surface area contributed by atoms with Crippen LogP contribution in [0.25, 0.3) is 33.6 Å². The van der Waals surface area contributed by atoms with E-state index in [4.69, 9.17) is 4.98 Å². The molecule has 3 aromatic carbocycles. The number of rotatable bonds is 8. The molecule has 0 spiro atoms. The van der Waals surface area contributed by atoms with Gasteiger partial charge in [0, 0.05) is 29.9 Å². The van der Waals surface area contributed by atoms with Crippen molar-refractivity contribution >= 4 is 5.69 Å². The van der Waals surface area contributed by atoms with E-state index in [1.54, 1.807) is 6.07 Å². The van der Waals surface area contributed by atoms with Gasteiger partial charge in [0.1, 0.15) is 5.75 Å². The molecule has 1 N–H and O–H groups in total. The van der Waals surface area contributed by atoms with Crippen molar-refractivity contribution in [3.8, 4) is 39.4 Å². The Hall–Kier alpha value is -3.59. The number of pyridine rings is 1. The second-order valence-electron chi connectivity index (χ2n) is 8.04. The van der Waals surface area contributed by atoms with Gasteiger partial charge in [0.25, 0.3) is 0 Å². The largest absolute Gasteiger partial charge is 0.507 e. The van der Waals surface area contributed by atoms with Gasteiger partial charge in [0.2, 0.25) is 0 Å². The fraction of sp³-hybridized carbons (Fsp3) is 0.207. The molecule has 0 radical (unpaired) electrons. The first-order valence-electron chi connectivity index (χ1n) is 11.4. The lowest BCUT2D eigenvalue weighted by Gasteiger charge is -2.24. The van der Waals surface area contributed by atoms with Crippen LogP contribution in [0.1, 0.15) is 26.7 Å². The molecule has 4 aromatic rings. The Morgan fingerprint density at radius 1 is 0.656 bits per heavy atom. The van der Waals surface area contributed by atoms with Crippen molar-refractivity contribution in [1.29, 1.82) is 0 Å². The molecule has 0 amide bonds. The maximum absolute atomic E-state index is 10.4. The number of hydrogen-bond donors (Lipinski definition) is 1. The van der Waals surface area contributed by atoms with E-state index in [-0.39, 0.29) is 5.75 Å². The van der Waals surface area contributed by atoms with Crippen LogP contribution < -0.4 is 4.90 Å². The maximum Gasteiger partial charge on any atom is 0.124 e. The summed E-state index contributed by atoms with van der Waals surface area (Å²) in [6.07, 6.45) is 2.27. The van der Waals surface area contributed by atoms with E-state index in [2.05, 4.69) is 67.3 Å². The number of phenolic OH excluding ortho intramolecular Hbond substituents is 1. The van der Waals surface area contributed by atoms with Crippen LogP contribution >= 0.6 is 0 Å². The van der Waals surface area contributed by atoms with Crippen LogP contribution in [0, 0.1) is 0 Å². The molecule has 3 nitrogen and oxygen atoms in total. The number of aromatic hydroxyl groups is 1. The fourth-order valence-corrected chi connectivity index (χ4v) is 4.06. The highest BCUT2D eigenvalue weighted by Gasteiger charge is 2.12. The van der Waals surface area contributed by atoms with E-state index in [1.807, 2.05) is 36.4 Å². The summed E-state index contributed by atoms with van der Waals surface area (Å²) in [7, 11) is 0. The van der Waals surface area contributed by atoms with Crippen LogP contribution in [0.3, 0.4) is 0 Å². The van der Waals surface area contributed by atoms with Gasteiger partial charge in [-0.1, -0.05) is 68.4 Å². The highest BCUT2D eigenvalue weighted by molar-refractivity contribution is 5.79. The number of phenols is 1. The van der Waals surface area contributed by atoms with Crippen molar-refractivity contribution in [3.63, 3.8) is 0 Å². The number of nitrogens with zero attached hydrogens (tertiary/aromatic N) is 2. The molecule has 1 heterocycles. The summed E-state index contributed by atoms with van der Waals surface area (Å²) in [5, 5.41) is 10.4. The van der Waals surface area contributed by atoms with Crippen molar-refractivity contribution < 1.29 is 5.11 Å².